The molecule has 4 nitrogen and oxygen atoms in total. The third-order valence-corrected chi connectivity index (χ3v) is 2.52. The predicted octanol–water partition coefficient (Wildman–Crippen LogP) is 0.637. The first-order valence-corrected chi connectivity index (χ1v) is 4.70. The van der Waals surface area contributed by atoms with Crippen molar-refractivity contribution in [1.29, 1.82) is 0 Å². The number of aliphatic hydroxyl groups is 1. The molecule has 2 atom stereocenters. The number of ether oxygens (including phenoxy) is 3. The van der Waals surface area contributed by atoms with Crippen LogP contribution in [0.2, 0.25) is 0 Å². The highest BCUT2D eigenvalue weighted by atomic mass is 16.8. The fourth-order valence-corrected chi connectivity index (χ4v) is 1.82. The van der Waals surface area contributed by atoms with Gasteiger partial charge in [0.15, 0.2) is 5.79 Å². The largest absolute Gasteiger partial charge is 0.387 e. The Labute approximate surface area is 77.8 Å². The van der Waals surface area contributed by atoms with Crippen molar-refractivity contribution in [3.8, 4) is 0 Å². The van der Waals surface area contributed by atoms with Crippen LogP contribution in [0.4, 0.5) is 0 Å². The van der Waals surface area contributed by atoms with Gasteiger partial charge >= 0.3 is 0 Å². The summed E-state index contributed by atoms with van der Waals surface area (Å²) in [6.45, 7) is 4.61. The zero-order valence-corrected chi connectivity index (χ0v) is 8.08. The summed E-state index contributed by atoms with van der Waals surface area (Å²) in [5.41, 5.74) is 0. The maximum Gasteiger partial charge on any atom is 0.221 e. The van der Waals surface area contributed by atoms with Crippen molar-refractivity contribution < 1.29 is 19.3 Å². The number of hydrogen-bond donors (Lipinski definition) is 1. The monoisotopic (exact) mass is 188 g/mol. The third kappa shape index (κ3) is 1.59. The Morgan fingerprint density at radius 1 is 1.31 bits per heavy atom. The van der Waals surface area contributed by atoms with Gasteiger partial charge in [-0.3, -0.25) is 0 Å². The molecular formula is C9H16O4. The van der Waals surface area contributed by atoms with Crippen LogP contribution >= 0.6 is 0 Å². The van der Waals surface area contributed by atoms with Crippen LogP contribution < -0.4 is 0 Å². The highest BCUT2D eigenvalue weighted by molar-refractivity contribution is 4.88. The van der Waals surface area contributed by atoms with Gasteiger partial charge in [0, 0.05) is 0 Å². The molecule has 0 aromatic carbocycles. The summed E-state index contributed by atoms with van der Waals surface area (Å²) >= 11 is 0. The van der Waals surface area contributed by atoms with Crippen LogP contribution in [0, 0.1) is 0 Å². The molecule has 0 radical (unpaired) electrons. The van der Waals surface area contributed by atoms with E-state index in [9.17, 15) is 5.11 Å². The summed E-state index contributed by atoms with van der Waals surface area (Å²) in [6, 6.07) is 0. The normalized spacial score (nSPS) is 44.1. The van der Waals surface area contributed by atoms with Crippen LogP contribution in [0.25, 0.3) is 0 Å². The molecule has 4 heteroatoms. The van der Waals surface area contributed by atoms with Crippen molar-refractivity contribution in [2.24, 2.45) is 0 Å². The average Bonchev–Trinajstić information content (AvgIpc) is 2.35. The lowest BCUT2D eigenvalue weighted by atomic mass is 10.0. The van der Waals surface area contributed by atoms with Crippen LogP contribution in [0.1, 0.15) is 26.7 Å². The number of rotatable bonds is 0. The minimum atomic E-state index is -0.901. The van der Waals surface area contributed by atoms with Gasteiger partial charge in [-0.05, 0) is 26.7 Å². The van der Waals surface area contributed by atoms with E-state index in [1.165, 1.54) is 0 Å². The van der Waals surface area contributed by atoms with Crippen molar-refractivity contribution in [2.45, 2.75) is 44.4 Å². The summed E-state index contributed by atoms with van der Waals surface area (Å²) in [4.78, 5) is 0. The molecule has 0 amide bonds. The molecule has 2 rings (SSSR count). The molecule has 2 heterocycles. The van der Waals surface area contributed by atoms with Gasteiger partial charge in [0.25, 0.3) is 0 Å². The summed E-state index contributed by atoms with van der Waals surface area (Å²) in [5, 5.41) is 9.76. The zero-order chi connectivity index (χ0) is 9.53. The Morgan fingerprint density at radius 3 is 2.62 bits per heavy atom. The first-order valence-electron chi connectivity index (χ1n) is 4.70. The Morgan fingerprint density at radius 2 is 2.08 bits per heavy atom. The van der Waals surface area contributed by atoms with Gasteiger partial charge in [-0.25, -0.2) is 0 Å². The molecule has 76 valence electrons. The van der Waals surface area contributed by atoms with Crippen LogP contribution in [0.15, 0.2) is 0 Å². The van der Waals surface area contributed by atoms with E-state index in [0.29, 0.717) is 13.2 Å². The van der Waals surface area contributed by atoms with E-state index in [-0.39, 0.29) is 0 Å². The van der Waals surface area contributed by atoms with Gasteiger partial charge in [0.2, 0.25) is 5.79 Å². The van der Waals surface area contributed by atoms with Crippen molar-refractivity contribution >= 4 is 0 Å². The average molecular weight is 188 g/mol. The Kier molecular flexibility index (Phi) is 2.11. The topological polar surface area (TPSA) is 47.9 Å². The van der Waals surface area contributed by atoms with Crippen LogP contribution in [0.5, 0.6) is 0 Å². The maximum absolute atomic E-state index is 9.76. The second-order valence-corrected chi connectivity index (χ2v) is 4.11. The fourth-order valence-electron chi connectivity index (χ4n) is 1.82. The van der Waals surface area contributed by atoms with E-state index in [1.54, 1.807) is 0 Å². The molecule has 0 saturated carbocycles. The van der Waals surface area contributed by atoms with Crippen molar-refractivity contribution in [3.05, 3.63) is 0 Å². The van der Waals surface area contributed by atoms with Crippen molar-refractivity contribution in [2.75, 3.05) is 13.2 Å². The molecule has 1 spiro atoms. The molecule has 13 heavy (non-hydrogen) atoms. The van der Waals surface area contributed by atoms with Crippen LogP contribution in [-0.2, 0) is 14.2 Å². The summed E-state index contributed by atoms with van der Waals surface area (Å²) in [6.07, 6.45) is 1.04. The molecule has 2 saturated heterocycles. The first-order chi connectivity index (χ1) is 6.04. The molecule has 2 aliphatic heterocycles. The quantitative estimate of drug-likeness (QED) is 0.606. The molecule has 0 bridgehead atoms. The second-order valence-electron chi connectivity index (χ2n) is 4.11. The smallest absolute Gasteiger partial charge is 0.221 e. The predicted molar refractivity (Wildman–Crippen MR) is 45.0 cm³/mol. The molecule has 0 aromatic rings. The van der Waals surface area contributed by atoms with E-state index < -0.39 is 17.7 Å². The highest BCUT2D eigenvalue weighted by Gasteiger charge is 2.52. The molecule has 0 aliphatic carbocycles. The lowest BCUT2D eigenvalue weighted by Crippen LogP contribution is -2.51. The Balaban J connectivity index is 2.12. The first kappa shape index (κ1) is 9.40. The Bertz CT molecular complexity index is 204. The van der Waals surface area contributed by atoms with Crippen molar-refractivity contribution in [3.63, 3.8) is 0 Å². The lowest BCUT2D eigenvalue weighted by molar-refractivity contribution is -0.303. The van der Waals surface area contributed by atoms with Gasteiger partial charge in [0.1, 0.15) is 12.7 Å². The second kappa shape index (κ2) is 2.92. The maximum atomic E-state index is 9.76. The number of hydrogen-bond acceptors (Lipinski definition) is 4. The lowest BCUT2D eigenvalue weighted by Gasteiger charge is -2.36. The molecule has 2 fully saturated rings. The SMILES string of the molecule is CC1(C)OC[C@@]2(OCCC[C@H]2O)O1. The third-order valence-electron chi connectivity index (χ3n) is 2.52. The summed E-state index contributed by atoms with van der Waals surface area (Å²) < 4.78 is 16.5. The Hall–Kier alpha value is -0.160. The minimum absolute atomic E-state index is 0.321. The standard InChI is InChI=1S/C9H16O4/c1-8(2)12-6-9(13-8)7(10)4-3-5-11-9/h7,10H,3-6H2,1-2H3/t7-,9-/m1/s1. The van der Waals surface area contributed by atoms with Crippen LogP contribution in [0.3, 0.4) is 0 Å². The molecule has 0 aromatic heterocycles. The van der Waals surface area contributed by atoms with Gasteiger partial charge in [0.05, 0.1) is 6.61 Å². The fraction of sp³-hybridized carbons (Fsp3) is 1.00. The van der Waals surface area contributed by atoms with Crippen LogP contribution in [-0.4, -0.2) is 36.0 Å². The van der Waals surface area contributed by atoms with E-state index in [1.807, 2.05) is 13.8 Å². The highest BCUT2D eigenvalue weighted by Crippen LogP contribution is 2.37. The van der Waals surface area contributed by atoms with E-state index in [0.717, 1.165) is 12.8 Å². The van der Waals surface area contributed by atoms with E-state index >= 15 is 0 Å². The van der Waals surface area contributed by atoms with Gasteiger partial charge in [-0.1, -0.05) is 0 Å². The number of aliphatic hydroxyl groups excluding tert-OH is 1. The van der Waals surface area contributed by atoms with Gasteiger partial charge in [-0.15, -0.1) is 0 Å². The minimum Gasteiger partial charge on any atom is -0.387 e. The van der Waals surface area contributed by atoms with E-state index in [2.05, 4.69) is 0 Å². The van der Waals surface area contributed by atoms with Gasteiger partial charge in [-0.2, -0.15) is 0 Å². The summed E-state index contributed by atoms with van der Waals surface area (Å²) in [7, 11) is 0. The molecule has 2 aliphatic rings. The summed E-state index contributed by atoms with van der Waals surface area (Å²) in [5.74, 6) is -1.54. The molecular weight excluding hydrogens is 172 g/mol. The molecule has 1 N–H and O–H groups in total. The zero-order valence-electron chi connectivity index (χ0n) is 8.08. The van der Waals surface area contributed by atoms with Crippen molar-refractivity contribution in [1.82, 2.24) is 0 Å². The van der Waals surface area contributed by atoms with E-state index in [4.69, 9.17) is 14.2 Å². The molecule has 0 unspecified atom stereocenters. The van der Waals surface area contributed by atoms with Gasteiger partial charge < -0.3 is 19.3 Å².